The van der Waals surface area contributed by atoms with Crippen LogP contribution >= 0.6 is 0 Å². The first-order valence-corrected chi connectivity index (χ1v) is 3.05. The van der Waals surface area contributed by atoms with E-state index >= 15 is 0 Å². The van der Waals surface area contributed by atoms with Crippen molar-refractivity contribution in [2.24, 2.45) is 0 Å². The van der Waals surface area contributed by atoms with Crippen molar-refractivity contribution in [1.29, 1.82) is 0 Å². The number of hydrogen-bond acceptors (Lipinski definition) is 2. The van der Waals surface area contributed by atoms with Crippen LogP contribution in [0.1, 0.15) is 19.8 Å². The van der Waals surface area contributed by atoms with Crippen molar-refractivity contribution in [3.05, 3.63) is 12.2 Å². The second-order valence-electron chi connectivity index (χ2n) is 2.66. The van der Waals surface area contributed by atoms with Crippen molar-refractivity contribution in [2.75, 3.05) is 0 Å². The molecule has 1 aliphatic carbocycles. The van der Waals surface area contributed by atoms with Crippen LogP contribution in [0.25, 0.3) is 0 Å². The molecule has 0 bridgehead atoms. The van der Waals surface area contributed by atoms with Crippen LogP contribution in [0, 0.1) is 0 Å². The highest BCUT2D eigenvalue weighted by molar-refractivity contribution is 5.90. The van der Waals surface area contributed by atoms with Crippen molar-refractivity contribution in [3.8, 4) is 0 Å². The molecule has 1 aliphatic rings. The van der Waals surface area contributed by atoms with Gasteiger partial charge in [0.25, 0.3) is 0 Å². The number of aliphatic hydroxyl groups is 1. The summed E-state index contributed by atoms with van der Waals surface area (Å²) in [6, 6.07) is 0. The molecule has 0 heterocycles. The standard InChI is InChI=1S/C7H10O2/c1-7(9)4-2-6(8)3-5-7/h2,4,9H,3,5H2,1H3/t7-/m0/s1. The highest BCUT2D eigenvalue weighted by Gasteiger charge is 2.21. The molecular weight excluding hydrogens is 116 g/mol. The predicted octanol–water partition coefficient (Wildman–Crippen LogP) is 0.656. The Morgan fingerprint density at radius 1 is 1.78 bits per heavy atom. The van der Waals surface area contributed by atoms with E-state index in [1.807, 2.05) is 0 Å². The van der Waals surface area contributed by atoms with E-state index in [9.17, 15) is 9.90 Å². The minimum absolute atomic E-state index is 0.113. The summed E-state index contributed by atoms with van der Waals surface area (Å²) in [5.74, 6) is 0.113. The fourth-order valence-corrected chi connectivity index (χ4v) is 0.815. The van der Waals surface area contributed by atoms with Gasteiger partial charge in [0.05, 0.1) is 5.60 Å². The van der Waals surface area contributed by atoms with Crippen LogP contribution < -0.4 is 0 Å². The van der Waals surface area contributed by atoms with Gasteiger partial charge in [0, 0.05) is 6.42 Å². The quantitative estimate of drug-likeness (QED) is 0.517. The Morgan fingerprint density at radius 2 is 2.44 bits per heavy atom. The predicted molar refractivity (Wildman–Crippen MR) is 34.0 cm³/mol. The van der Waals surface area contributed by atoms with Crippen LogP contribution in [-0.4, -0.2) is 16.5 Å². The van der Waals surface area contributed by atoms with E-state index in [1.165, 1.54) is 6.08 Å². The molecule has 1 atom stereocenters. The van der Waals surface area contributed by atoms with Gasteiger partial charge in [-0.2, -0.15) is 0 Å². The van der Waals surface area contributed by atoms with Crippen molar-refractivity contribution >= 4 is 5.78 Å². The van der Waals surface area contributed by atoms with Gasteiger partial charge >= 0.3 is 0 Å². The van der Waals surface area contributed by atoms with Crippen LogP contribution in [0.5, 0.6) is 0 Å². The van der Waals surface area contributed by atoms with E-state index in [0.29, 0.717) is 12.8 Å². The first kappa shape index (κ1) is 6.49. The van der Waals surface area contributed by atoms with Crippen LogP contribution in [-0.2, 0) is 4.79 Å². The number of hydrogen-bond donors (Lipinski definition) is 1. The first-order valence-electron chi connectivity index (χ1n) is 3.05. The van der Waals surface area contributed by atoms with Gasteiger partial charge in [0.15, 0.2) is 5.78 Å². The maximum atomic E-state index is 10.6. The lowest BCUT2D eigenvalue weighted by atomic mass is 9.93. The summed E-state index contributed by atoms with van der Waals surface area (Å²) < 4.78 is 0. The molecule has 0 radical (unpaired) electrons. The largest absolute Gasteiger partial charge is 0.386 e. The Kier molecular flexibility index (Phi) is 1.41. The van der Waals surface area contributed by atoms with Crippen LogP contribution in [0.2, 0.25) is 0 Å². The third-order valence-corrected chi connectivity index (χ3v) is 1.51. The van der Waals surface area contributed by atoms with E-state index in [-0.39, 0.29) is 5.78 Å². The molecule has 1 rings (SSSR count). The van der Waals surface area contributed by atoms with E-state index in [4.69, 9.17) is 0 Å². The lowest BCUT2D eigenvalue weighted by molar-refractivity contribution is -0.116. The monoisotopic (exact) mass is 126 g/mol. The molecular formula is C7H10O2. The molecule has 0 aromatic heterocycles. The molecule has 2 heteroatoms. The van der Waals surface area contributed by atoms with Gasteiger partial charge in [0.1, 0.15) is 0 Å². The summed E-state index contributed by atoms with van der Waals surface area (Å²) in [6.07, 6.45) is 4.04. The van der Waals surface area contributed by atoms with Gasteiger partial charge in [-0.05, 0) is 25.5 Å². The Morgan fingerprint density at radius 3 is 2.78 bits per heavy atom. The third-order valence-electron chi connectivity index (χ3n) is 1.51. The Hall–Kier alpha value is -0.630. The average Bonchev–Trinajstić information content (AvgIpc) is 1.78. The van der Waals surface area contributed by atoms with E-state index in [0.717, 1.165) is 0 Å². The maximum Gasteiger partial charge on any atom is 0.155 e. The number of carbonyl (C=O) groups is 1. The van der Waals surface area contributed by atoms with Gasteiger partial charge in [0.2, 0.25) is 0 Å². The summed E-state index contributed by atoms with van der Waals surface area (Å²) >= 11 is 0. The molecule has 0 aromatic carbocycles. The Balaban J connectivity index is 2.69. The minimum atomic E-state index is -0.742. The van der Waals surface area contributed by atoms with E-state index < -0.39 is 5.60 Å². The Bertz CT molecular complexity index is 156. The summed E-state index contributed by atoms with van der Waals surface area (Å²) in [5.41, 5.74) is -0.742. The van der Waals surface area contributed by atoms with Crippen LogP contribution in [0.4, 0.5) is 0 Å². The van der Waals surface area contributed by atoms with Crippen LogP contribution in [0.3, 0.4) is 0 Å². The van der Waals surface area contributed by atoms with Crippen molar-refractivity contribution in [2.45, 2.75) is 25.4 Å². The van der Waals surface area contributed by atoms with Gasteiger partial charge in [-0.3, -0.25) is 4.79 Å². The van der Waals surface area contributed by atoms with Gasteiger partial charge in [-0.25, -0.2) is 0 Å². The normalized spacial score (nSPS) is 35.1. The molecule has 0 amide bonds. The van der Waals surface area contributed by atoms with Crippen molar-refractivity contribution in [1.82, 2.24) is 0 Å². The first-order chi connectivity index (χ1) is 4.10. The van der Waals surface area contributed by atoms with E-state index in [1.54, 1.807) is 13.0 Å². The highest BCUT2D eigenvalue weighted by atomic mass is 16.3. The van der Waals surface area contributed by atoms with Crippen molar-refractivity contribution in [3.63, 3.8) is 0 Å². The minimum Gasteiger partial charge on any atom is -0.386 e. The number of ketones is 1. The zero-order chi connectivity index (χ0) is 6.91. The molecule has 0 spiro atoms. The SMILES string of the molecule is C[C@]1(O)C=CC(=O)CC1. The molecule has 0 saturated carbocycles. The van der Waals surface area contributed by atoms with Gasteiger partial charge in [-0.1, -0.05) is 0 Å². The van der Waals surface area contributed by atoms with E-state index in [2.05, 4.69) is 0 Å². The molecule has 50 valence electrons. The summed E-state index contributed by atoms with van der Waals surface area (Å²) in [6.45, 7) is 1.70. The molecule has 0 fully saturated rings. The lowest BCUT2D eigenvalue weighted by Crippen LogP contribution is -2.25. The summed E-state index contributed by atoms with van der Waals surface area (Å²) in [4.78, 5) is 10.6. The third kappa shape index (κ3) is 1.64. The average molecular weight is 126 g/mol. The molecule has 1 N–H and O–H groups in total. The highest BCUT2D eigenvalue weighted by Crippen LogP contribution is 2.18. The Labute approximate surface area is 54.2 Å². The fraction of sp³-hybridized carbons (Fsp3) is 0.571. The summed E-state index contributed by atoms with van der Waals surface area (Å²) in [7, 11) is 0. The molecule has 0 unspecified atom stereocenters. The number of allylic oxidation sites excluding steroid dienone is 1. The second kappa shape index (κ2) is 1.95. The second-order valence-corrected chi connectivity index (χ2v) is 2.66. The molecule has 0 saturated heterocycles. The zero-order valence-corrected chi connectivity index (χ0v) is 5.42. The van der Waals surface area contributed by atoms with Crippen molar-refractivity contribution < 1.29 is 9.90 Å². The molecule has 2 nitrogen and oxygen atoms in total. The zero-order valence-electron chi connectivity index (χ0n) is 5.42. The maximum absolute atomic E-state index is 10.6. The molecule has 0 aliphatic heterocycles. The van der Waals surface area contributed by atoms with Gasteiger partial charge in [-0.15, -0.1) is 0 Å². The number of rotatable bonds is 0. The fourth-order valence-electron chi connectivity index (χ4n) is 0.815. The van der Waals surface area contributed by atoms with Crippen LogP contribution in [0.15, 0.2) is 12.2 Å². The summed E-state index contributed by atoms with van der Waals surface area (Å²) in [5, 5.41) is 9.25. The lowest BCUT2D eigenvalue weighted by Gasteiger charge is -2.20. The van der Waals surface area contributed by atoms with Gasteiger partial charge < -0.3 is 5.11 Å². The topological polar surface area (TPSA) is 37.3 Å². The number of carbonyl (C=O) groups excluding carboxylic acids is 1. The molecule has 9 heavy (non-hydrogen) atoms. The smallest absolute Gasteiger partial charge is 0.155 e. The molecule has 0 aromatic rings.